The van der Waals surface area contributed by atoms with Gasteiger partial charge in [-0.25, -0.2) is 4.98 Å². The van der Waals surface area contributed by atoms with E-state index in [0.717, 1.165) is 11.4 Å². The Kier molecular flexibility index (Phi) is 2.14. The number of benzene rings is 1. The molecule has 0 saturated heterocycles. The van der Waals surface area contributed by atoms with Crippen LogP contribution >= 0.6 is 0 Å². The molecule has 0 radical (unpaired) electrons. The highest BCUT2D eigenvalue weighted by molar-refractivity contribution is 5.57. The molecule has 92 valence electrons. The number of hydrogen-bond donors (Lipinski definition) is 1. The Balaban J connectivity index is 1.81. The summed E-state index contributed by atoms with van der Waals surface area (Å²) in [4.78, 5) is 8.38. The maximum atomic E-state index is 4.24. The van der Waals surface area contributed by atoms with Crippen molar-refractivity contribution in [1.29, 1.82) is 0 Å². The van der Waals surface area contributed by atoms with Gasteiger partial charge < -0.3 is 9.88 Å². The van der Waals surface area contributed by atoms with E-state index in [1.807, 2.05) is 30.9 Å². The summed E-state index contributed by atoms with van der Waals surface area (Å²) in [6, 6.07) is 12.5. The van der Waals surface area contributed by atoms with E-state index in [0.29, 0.717) is 0 Å². The minimum atomic E-state index is 0.128. The summed E-state index contributed by atoms with van der Waals surface area (Å²) >= 11 is 0. The van der Waals surface area contributed by atoms with Crippen LogP contribution in [0.15, 0.2) is 61.3 Å². The zero-order chi connectivity index (χ0) is 12.7. The second-order valence-electron chi connectivity index (χ2n) is 4.57. The minimum Gasteiger partial charge on any atom is -0.371 e. The third kappa shape index (κ3) is 1.53. The van der Waals surface area contributed by atoms with E-state index in [4.69, 9.17) is 0 Å². The number of nitrogens with one attached hydrogen (secondary N) is 1. The molecule has 1 N–H and O–H groups in total. The normalized spacial score (nSPS) is 15.9. The first kappa shape index (κ1) is 10.3. The quantitative estimate of drug-likeness (QED) is 0.758. The molecule has 0 amide bonds. The number of fused-ring (bicyclic) bond motifs is 3. The van der Waals surface area contributed by atoms with Gasteiger partial charge in [-0.05, 0) is 18.2 Å². The Morgan fingerprint density at radius 2 is 1.95 bits per heavy atom. The molecule has 1 aliphatic heterocycles. The van der Waals surface area contributed by atoms with Crippen molar-refractivity contribution in [2.45, 2.75) is 6.04 Å². The Morgan fingerprint density at radius 1 is 1.00 bits per heavy atom. The number of imidazole rings is 1. The molecule has 0 saturated carbocycles. The first-order valence-electron chi connectivity index (χ1n) is 6.21. The van der Waals surface area contributed by atoms with Gasteiger partial charge >= 0.3 is 0 Å². The van der Waals surface area contributed by atoms with Crippen LogP contribution in [0.5, 0.6) is 0 Å². The molecule has 1 aliphatic rings. The molecule has 4 heteroatoms. The zero-order valence-corrected chi connectivity index (χ0v) is 10.2. The Labute approximate surface area is 110 Å². The van der Waals surface area contributed by atoms with Crippen molar-refractivity contribution in [2.24, 2.45) is 0 Å². The molecule has 4 nitrogen and oxygen atoms in total. The molecule has 0 spiro atoms. The molecule has 19 heavy (non-hydrogen) atoms. The number of pyridine rings is 1. The fourth-order valence-corrected chi connectivity index (χ4v) is 2.60. The second kappa shape index (κ2) is 3.95. The molecule has 0 aliphatic carbocycles. The van der Waals surface area contributed by atoms with Gasteiger partial charge in [0.25, 0.3) is 0 Å². The van der Waals surface area contributed by atoms with E-state index < -0.39 is 0 Å². The lowest BCUT2D eigenvalue weighted by Gasteiger charge is -2.14. The molecule has 3 heterocycles. The average molecular weight is 248 g/mol. The molecule has 0 bridgehead atoms. The summed E-state index contributed by atoms with van der Waals surface area (Å²) in [5, 5.41) is 3.52. The number of hydrogen-bond acceptors (Lipinski definition) is 3. The highest BCUT2D eigenvalue weighted by Gasteiger charge is 2.28. The maximum Gasteiger partial charge on any atom is 0.0995 e. The van der Waals surface area contributed by atoms with Crippen molar-refractivity contribution in [3.8, 4) is 5.69 Å². The Morgan fingerprint density at radius 3 is 2.84 bits per heavy atom. The van der Waals surface area contributed by atoms with E-state index in [1.54, 1.807) is 6.20 Å². The van der Waals surface area contributed by atoms with Crippen LogP contribution in [0.2, 0.25) is 0 Å². The molecule has 1 atom stereocenters. The van der Waals surface area contributed by atoms with Crippen LogP contribution in [-0.4, -0.2) is 14.5 Å². The average Bonchev–Trinajstić information content (AvgIpc) is 3.04. The van der Waals surface area contributed by atoms with Gasteiger partial charge in [0.15, 0.2) is 0 Å². The van der Waals surface area contributed by atoms with Crippen molar-refractivity contribution in [3.05, 3.63) is 72.6 Å². The summed E-state index contributed by atoms with van der Waals surface area (Å²) < 4.78 is 2.13. The van der Waals surface area contributed by atoms with Crippen LogP contribution in [-0.2, 0) is 0 Å². The second-order valence-corrected chi connectivity index (χ2v) is 4.57. The van der Waals surface area contributed by atoms with Gasteiger partial charge in [-0.15, -0.1) is 0 Å². The van der Waals surface area contributed by atoms with Gasteiger partial charge in [0.1, 0.15) is 0 Å². The lowest BCUT2D eigenvalue weighted by molar-refractivity contribution is 0.922. The van der Waals surface area contributed by atoms with E-state index in [9.17, 15) is 0 Å². The van der Waals surface area contributed by atoms with Crippen LogP contribution in [0, 0.1) is 0 Å². The topological polar surface area (TPSA) is 42.7 Å². The highest BCUT2D eigenvalue weighted by Crippen LogP contribution is 2.37. The molecular weight excluding hydrogens is 236 g/mol. The van der Waals surface area contributed by atoms with Crippen molar-refractivity contribution < 1.29 is 0 Å². The van der Waals surface area contributed by atoms with E-state index >= 15 is 0 Å². The molecule has 1 aromatic carbocycles. The van der Waals surface area contributed by atoms with Crippen molar-refractivity contribution in [3.63, 3.8) is 0 Å². The third-order valence-electron chi connectivity index (χ3n) is 3.44. The summed E-state index contributed by atoms with van der Waals surface area (Å²) in [5.41, 5.74) is 4.63. The number of aromatic nitrogens is 3. The standard InChI is InChI=1S/C15H12N4/c1-2-6-13-12(5-1)15(14-9-17-10-19(13)14)18-11-4-3-7-16-8-11/h1-10,15,18H. The Hall–Kier alpha value is -2.62. The SMILES string of the molecule is c1cncc(NC2c3ccccc3-n3cncc32)c1. The third-order valence-corrected chi connectivity index (χ3v) is 3.44. The summed E-state index contributed by atoms with van der Waals surface area (Å²) in [7, 11) is 0. The first-order chi connectivity index (χ1) is 9.43. The first-order valence-corrected chi connectivity index (χ1v) is 6.21. The Bertz CT molecular complexity index is 718. The number of nitrogens with zero attached hydrogens (tertiary/aromatic N) is 3. The predicted octanol–water partition coefficient (Wildman–Crippen LogP) is 2.78. The molecule has 2 aromatic heterocycles. The van der Waals surface area contributed by atoms with Crippen LogP contribution in [0.4, 0.5) is 5.69 Å². The summed E-state index contributed by atoms with van der Waals surface area (Å²) in [6.07, 6.45) is 7.38. The highest BCUT2D eigenvalue weighted by atomic mass is 15.1. The molecular formula is C15H12N4. The monoisotopic (exact) mass is 248 g/mol. The molecule has 3 aromatic rings. The van der Waals surface area contributed by atoms with E-state index in [2.05, 4.69) is 44.1 Å². The van der Waals surface area contributed by atoms with Gasteiger partial charge in [0.2, 0.25) is 0 Å². The van der Waals surface area contributed by atoms with Crippen molar-refractivity contribution >= 4 is 5.69 Å². The molecule has 0 fully saturated rings. The summed E-state index contributed by atoms with van der Waals surface area (Å²) in [6.45, 7) is 0. The largest absolute Gasteiger partial charge is 0.371 e. The zero-order valence-electron chi connectivity index (χ0n) is 10.2. The molecule has 4 rings (SSSR count). The smallest absolute Gasteiger partial charge is 0.0995 e. The minimum absolute atomic E-state index is 0.128. The number of anilines is 1. The van der Waals surface area contributed by atoms with Crippen molar-refractivity contribution in [2.75, 3.05) is 5.32 Å². The maximum absolute atomic E-state index is 4.24. The fourth-order valence-electron chi connectivity index (χ4n) is 2.60. The fraction of sp³-hybridized carbons (Fsp3) is 0.0667. The number of para-hydroxylation sites is 1. The van der Waals surface area contributed by atoms with Crippen molar-refractivity contribution in [1.82, 2.24) is 14.5 Å². The molecule has 1 unspecified atom stereocenters. The van der Waals surface area contributed by atoms with Gasteiger partial charge in [-0.2, -0.15) is 0 Å². The lowest BCUT2D eigenvalue weighted by atomic mass is 10.1. The van der Waals surface area contributed by atoms with Gasteiger partial charge in [-0.1, -0.05) is 18.2 Å². The van der Waals surface area contributed by atoms with Gasteiger partial charge in [-0.3, -0.25) is 4.98 Å². The van der Waals surface area contributed by atoms with Crippen LogP contribution < -0.4 is 5.32 Å². The predicted molar refractivity (Wildman–Crippen MR) is 73.3 cm³/mol. The van der Waals surface area contributed by atoms with E-state index in [1.165, 1.54) is 11.3 Å². The number of rotatable bonds is 2. The van der Waals surface area contributed by atoms with Gasteiger partial charge in [0, 0.05) is 18.0 Å². The lowest BCUT2D eigenvalue weighted by Crippen LogP contribution is -2.09. The summed E-state index contributed by atoms with van der Waals surface area (Å²) in [5.74, 6) is 0. The van der Waals surface area contributed by atoms with Crippen LogP contribution in [0.25, 0.3) is 5.69 Å². The van der Waals surface area contributed by atoms with E-state index in [-0.39, 0.29) is 6.04 Å². The van der Waals surface area contributed by atoms with Gasteiger partial charge in [0.05, 0.1) is 35.6 Å². The van der Waals surface area contributed by atoms with Crippen LogP contribution in [0.1, 0.15) is 17.3 Å². The van der Waals surface area contributed by atoms with Crippen LogP contribution in [0.3, 0.4) is 0 Å².